The van der Waals surface area contributed by atoms with Crippen LogP contribution in [0, 0.1) is 13.8 Å². The number of aryl methyl sites for hydroxylation is 2. The van der Waals surface area contributed by atoms with Crippen LogP contribution in [-0.2, 0) is 6.42 Å². The lowest BCUT2D eigenvalue weighted by molar-refractivity contribution is 0.377. The van der Waals surface area contributed by atoms with E-state index in [-0.39, 0.29) is 6.04 Å². The van der Waals surface area contributed by atoms with Gasteiger partial charge in [0.1, 0.15) is 0 Å². The maximum absolute atomic E-state index is 5.68. The maximum Gasteiger partial charge on any atom is 0.231 e. The molecule has 2 N–H and O–H groups in total. The molecule has 0 aliphatic carbocycles. The van der Waals surface area contributed by atoms with E-state index in [1.54, 1.807) is 0 Å². The third-order valence-electron chi connectivity index (χ3n) is 2.82. The molecular formula is C13H17N3O. The SMILES string of the molecule is Cc1ccc(Cc2nc(C(C)N)no2)cc1C. The summed E-state index contributed by atoms with van der Waals surface area (Å²) in [4.78, 5) is 4.25. The average molecular weight is 231 g/mol. The lowest BCUT2D eigenvalue weighted by Gasteiger charge is -2.02. The Morgan fingerprint density at radius 2 is 2.06 bits per heavy atom. The quantitative estimate of drug-likeness (QED) is 0.880. The number of benzene rings is 1. The number of hydrogen-bond acceptors (Lipinski definition) is 4. The van der Waals surface area contributed by atoms with Crippen LogP contribution in [0.1, 0.15) is 41.4 Å². The van der Waals surface area contributed by atoms with Crippen LogP contribution in [0.5, 0.6) is 0 Å². The Bertz CT molecular complexity index is 517. The molecule has 90 valence electrons. The van der Waals surface area contributed by atoms with Gasteiger partial charge in [-0.1, -0.05) is 23.4 Å². The van der Waals surface area contributed by atoms with E-state index in [0.717, 1.165) is 0 Å². The zero-order valence-corrected chi connectivity index (χ0v) is 10.4. The van der Waals surface area contributed by atoms with Gasteiger partial charge in [0.2, 0.25) is 5.89 Å². The van der Waals surface area contributed by atoms with Crippen molar-refractivity contribution >= 4 is 0 Å². The predicted octanol–water partition coefficient (Wildman–Crippen LogP) is 2.30. The number of nitrogens with two attached hydrogens (primary N) is 1. The van der Waals surface area contributed by atoms with Crippen molar-refractivity contribution in [3.05, 3.63) is 46.6 Å². The molecule has 4 heteroatoms. The van der Waals surface area contributed by atoms with E-state index in [1.165, 1.54) is 16.7 Å². The Labute approximate surface area is 101 Å². The van der Waals surface area contributed by atoms with Crippen LogP contribution in [0.15, 0.2) is 22.7 Å². The van der Waals surface area contributed by atoms with Crippen LogP contribution >= 0.6 is 0 Å². The lowest BCUT2D eigenvalue weighted by Crippen LogP contribution is -2.06. The molecule has 0 aliphatic rings. The fraction of sp³-hybridized carbons (Fsp3) is 0.385. The Hall–Kier alpha value is -1.68. The van der Waals surface area contributed by atoms with E-state index in [1.807, 2.05) is 6.92 Å². The normalized spacial score (nSPS) is 12.7. The van der Waals surface area contributed by atoms with Crippen LogP contribution in [0.25, 0.3) is 0 Å². The summed E-state index contributed by atoms with van der Waals surface area (Å²) >= 11 is 0. The molecule has 0 radical (unpaired) electrons. The van der Waals surface area contributed by atoms with Crippen molar-refractivity contribution in [1.82, 2.24) is 10.1 Å². The molecule has 2 aromatic rings. The summed E-state index contributed by atoms with van der Waals surface area (Å²) in [6, 6.07) is 6.14. The molecule has 0 bridgehead atoms. The number of nitrogens with zero attached hydrogens (tertiary/aromatic N) is 2. The Morgan fingerprint density at radius 3 is 2.65 bits per heavy atom. The summed E-state index contributed by atoms with van der Waals surface area (Å²) < 4.78 is 5.16. The molecule has 1 atom stereocenters. The highest BCUT2D eigenvalue weighted by molar-refractivity contribution is 5.31. The van der Waals surface area contributed by atoms with Crippen molar-refractivity contribution < 1.29 is 4.52 Å². The second-order valence-electron chi connectivity index (χ2n) is 4.43. The zero-order valence-electron chi connectivity index (χ0n) is 10.4. The van der Waals surface area contributed by atoms with Crippen molar-refractivity contribution in [1.29, 1.82) is 0 Å². The minimum Gasteiger partial charge on any atom is -0.339 e. The summed E-state index contributed by atoms with van der Waals surface area (Å²) in [6.07, 6.45) is 0.654. The topological polar surface area (TPSA) is 64.9 Å². The Morgan fingerprint density at radius 1 is 1.29 bits per heavy atom. The molecule has 17 heavy (non-hydrogen) atoms. The summed E-state index contributed by atoms with van der Waals surface area (Å²) in [6.45, 7) is 6.03. The molecule has 0 fully saturated rings. The molecule has 1 aromatic carbocycles. The van der Waals surface area contributed by atoms with Crippen molar-refractivity contribution in [3.63, 3.8) is 0 Å². The first-order valence-electron chi connectivity index (χ1n) is 5.70. The molecule has 1 aromatic heterocycles. The van der Waals surface area contributed by atoms with E-state index in [4.69, 9.17) is 10.3 Å². The van der Waals surface area contributed by atoms with Gasteiger partial charge in [-0.15, -0.1) is 0 Å². The summed E-state index contributed by atoms with van der Waals surface area (Å²) in [7, 11) is 0. The van der Waals surface area contributed by atoms with E-state index in [2.05, 4.69) is 42.2 Å². The molecule has 0 saturated carbocycles. The zero-order chi connectivity index (χ0) is 12.4. The largest absolute Gasteiger partial charge is 0.339 e. The van der Waals surface area contributed by atoms with Gasteiger partial charge in [0.25, 0.3) is 0 Å². The maximum atomic E-state index is 5.68. The Kier molecular flexibility index (Phi) is 3.24. The molecule has 0 spiro atoms. The van der Waals surface area contributed by atoms with Gasteiger partial charge in [-0.05, 0) is 37.5 Å². The molecule has 0 aliphatic heterocycles. The first-order valence-corrected chi connectivity index (χ1v) is 5.70. The Balaban J connectivity index is 2.16. The molecule has 0 saturated heterocycles. The summed E-state index contributed by atoms with van der Waals surface area (Å²) in [5, 5.41) is 3.84. The van der Waals surface area contributed by atoms with Gasteiger partial charge in [0, 0.05) is 0 Å². The number of hydrogen-bond donors (Lipinski definition) is 1. The smallest absolute Gasteiger partial charge is 0.231 e. The van der Waals surface area contributed by atoms with Gasteiger partial charge < -0.3 is 10.3 Å². The fourth-order valence-corrected chi connectivity index (χ4v) is 1.61. The number of aromatic nitrogens is 2. The molecular weight excluding hydrogens is 214 g/mol. The highest BCUT2D eigenvalue weighted by atomic mass is 16.5. The van der Waals surface area contributed by atoms with Crippen molar-refractivity contribution in [2.24, 2.45) is 5.73 Å². The van der Waals surface area contributed by atoms with E-state index < -0.39 is 0 Å². The van der Waals surface area contributed by atoms with Crippen LogP contribution in [0.2, 0.25) is 0 Å². The van der Waals surface area contributed by atoms with E-state index >= 15 is 0 Å². The van der Waals surface area contributed by atoms with Crippen LogP contribution in [-0.4, -0.2) is 10.1 Å². The molecule has 1 heterocycles. The highest BCUT2D eigenvalue weighted by Crippen LogP contribution is 2.14. The van der Waals surface area contributed by atoms with Crippen LogP contribution in [0.3, 0.4) is 0 Å². The molecule has 4 nitrogen and oxygen atoms in total. The second kappa shape index (κ2) is 4.67. The van der Waals surface area contributed by atoms with Gasteiger partial charge in [-0.25, -0.2) is 0 Å². The molecule has 2 rings (SSSR count). The number of rotatable bonds is 3. The van der Waals surface area contributed by atoms with Gasteiger partial charge in [0.15, 0.2) is 5.82 Å². The van der Waals surface area contributed by atoms with Gasteiger partial charge in [-0.3, -0.25) is 0 Å². The fourth-order valence-electron chi connectivity index (χ4n) is 1.61. The van der Waals surface area contributed by atoms with Gasteiger partial charge in [-0.2, -0.15) is 4.98 Å². The molecule has 1 unspecified atom stereocenters. The van der Waals surface area contributed by atoms with Crippen molar-refractivity contribution in [2.75, 3.05) is 0 Å². The molecule has 0 amide bonds. The average Bonchev–Trinajstić information content (AvgIpc) is 2.72. The van der Waals surface area contributed by atoms with Gasteiger partial charge in [0.05, 0.1) is 12.5 Å². The standard InChI is InChI=1S/C13H17N3O/c1-8-4-5-11(6-9(8)2)7-12-15-13(10(3)14)16-17-12/h4-6,10H,7,14H2,1-3H3. The van der Waals surface area contributed by atoms with E-state index in [9.17, 15) is 0 Å². The third kappa shape index (κ3) is 2.71. The minimum atomic E-state index is -0.188. The predicted molar refractivity (Wildman–Crippen MR) is 65.6 cm³/mol. The van der Waals surface area contributed by atoms with Crippen LogP contribution in [0.4, 0.5) is 0 Å². The van der Waals surface area contributed by atoms with E-state index in [0.29, 0.717) is 18.1 Å². The summed E-state index contributed by atoms with van der Waals surface area (Å²) in [5.41, 5.74) is 9.41. The van der Waals surface area contributed by atoms with Crippen LogP contribution < -0.4 is 5.73 Å². The first-order chi connectivity index (χ1) is 8.06. The van der Waals surface area contributed by atoms with Gasteiger partial charge >= 0.3 is 0 Å². The van der Waals surface area contributed by atoms with Crippen molar-refractivity contribution in [2.45, 2.75) is 33.2 Å². The lowest BCUT2D eigenvalue weighted by atomic mass is 10.0. The second-order valence-corrected chi connectivity index (χ2v) is 4.43. The highest BCUT2D eigenvalue weighted by Gasteiger charge is 2.10. The minimum absolute atomic E-state index is 0.188. The van der Waals surface area contributed by atoms with Crippen molar-refractivity contribution in [3.8, 4) is 0 Å². The first kappa shape index (κ1) is 11.8. The summed E-state index contributed by atoms with van der Waals surface area (Å²) in [5.74, 6) is 1.17. The monoisotopic (exact) mass is 231 g/mol. The third-order valence-corrected chi connectivity index (χ3v) is 2.82.